The van der Waals surface area contributed by atoms with Crippen molar-refractivity contribution in [1.82, 2.24) is 13.9 Å². The molecule has 0 aliphatic heterocycles. The van der Waals surface area contributed by atoms with Crippen LogP contribution in [0, 0.1) is 6.92 Å². The molecule has 9 nitrogen and oxygen atoms in total. The summed E-state index contributed by atoms with van der Waals surface area (Å²) in [6.45, 7) is 7.88. The van der Waals surface area contributed by atoms with E-state index in [4.69, 9.17) is 4.74 Å². The second kappa shape index (κ2) is 9.75. The lowest BCUT2D eigenvalue weighted by molar-refractivity contribution is 0.0526. The quantitative estimate of drug-likeness (QED) is 0.339. The van der Waals surface area contributed by atoms with Crippen LogP contribution in [0.1, 0.15) is 36.7 Å². The van der Waals surface area contributed by atoms with Gasteiger partial charge >= 0.3 is 5.97 Å². The molecule has 0 unspecified atom stereocenters. The van der Waals surface area contributed by atoms with Crippen molar-refractivity contribution in [3.8, 4) is 0 Å². The van der Waals surface area contributed by atoms with E-state index in [-0.39, 0.29) is 22.5 Å². The Kier molecular flexibility index (Phi) is 6.74. The van der Waals surface area contributed by atoms with Gasteiger partial charge in [-0.3, -0.25) is 0 Å². The number of hydrogen-bond donors (Lipinski definition) is 2. The molecule has 182 valence electrons. The third-order valence-corrected chi connectivity index (χ3v) is 6.85. The van der Waals surface area contributed by atoms with Crippen molar-refractivity contribution in [2.75, 3.05) is 17.2 Å². The van der Waals surface area contributed by atoms with Crippen LogP contribution >= 0.6 is 0 Å². The molecule has 4 rings (SSSR count). The summed E-state index contributed by atoms with van der Waals surface area (Å²) in [5.41, 5.74) is 2.27. The summed E-state index contributed by atoms with van der Waals surface area (Å²) in [5, 5.41) is 6.95. The molecule has 2 aromatic heterocycles. The maximum atomic E-state index is 13.4. The van der Waals surface area contributed by atoms with Crippen LogP contribution < -0.4 is 10.6 Å². The molecule has 35 heavy (non-hydrogen) atoms. The van der Waals surface area contributed by atoms with Gasteiger partial charge in [0.15, 0.2) is 5.65 Å². The summed E-state index contributed by atoms with van der Waals surface area (Å²) in [6.07, 6.45) is 1.48. The standard InChI is InChI=1S/C25H27N5O4S/c1-5-34-24(31)18-8-10-19(11-9-18)27-25-28-22(26-16(2)3)21-14-15-30(23(21)29-25)35(32,33)20-12-6-17(4)7-13-20/h6-16H,5H2,1-4H3,(H2,26,27,28,29). The second-order valence-corrected chi connectivity index (χ2v) is 10.1. The molecule has 10 heteroatoms. The van der Waals surface area contributed by atoms with Gasteiger partial charge in [0.1, 0.15) is 5.82 Å². The maximum Gasteiger partial charge on any atom is 0.338 e. The highest BCUT2D eigenvalue weighted by Gasteiger charge is 2.22. The molecule has 0 aliphatic rings. The number of rotatable bonds is 8. The van der Waals surface area contributed by atoms with Crippen LogP contribution in [0.5, 0.6) is 0 Å². The van der Waals surface area contributed by atoms with E-state index in [0.29, 0.717) is 29.1 Å². The highest BCUT2D eigenvalue weighted by atomic mass is 32.2. The third kappa shape index (κ3) is 5.12. The Bertz CT molecular complexity index is 1460. The highest BCUT2D eigenvalue weighted by Crippen LogP contribution is 2.28. The van der Waals surface area contributed by atoms with Gasteiger partial charge in [-0.25, -0.2) is 17.2 Å². The zero-order valence-corrected chi connectivity index (χ0v) is 20.8. The van der Waals surface area contributed by atoms with Gasteiger partial charge in [0, 0.05) is 17.9 Å². The van der Waals surface area contributed by atoms with E-state index < -0.39 is 16.0 Å². The van der Waals surface area contributed by atoms with Crippen molar-refractivity contribution in [2.45, 2.75) is 38.6 Å². The molecular weight excluding hydrogens is 466 g/mol. The molecule has 2 aromatic carbocycles. The minimum Gasteiger partial charge on any atom is -0.462 e. The van der Waals surface area contributed by atoms with Crippen molar-refractivity contribution in [2.24, 2.45) is 0 Å². The molecule has 0 spiro atoms. The van der Waals surface area contributed by atoms with Crippen molar-refractivity contribution in [3.63, 3.8) is 0 Å². The van der Waals surface area contributed by atoms with Crippen LogP contribution in [-0.4, -0.2) is 41.0 Å². The Balaban J connectivity index is 1.76. The first-order chi connectivity index (χ1) is 16.7. The number of esters is 1. The summed E-state index contributed by atoms with van der Waals surface area (Å²) < 4.78 is 33.0. The summed E-state index contributed by atoms with van der Waals surface area (Å²) in [6, 6.07) is 15.1. The molecule has 4 aromatic rings. The first-order valence-corrected chi connectivity index (χ1v) is 12.6. The monoisotopic (exact) mass is 493 g/mol. The van der Waals surface area contributed by atoms with Gasteiger partial charge in [-0.15, -0.1) is 0 Å². The number of aryl methyl sites for hydroxylation is 1. The van der Waals surface area contributed by atoms with Crippen molar-refractivity contribution < 1.29 is 17.9 Å². The maximum absolute atomic E-state index is 13.4. The molecule has 0 bridgehead atoms. The van der Waals surface area contributed by atoms with Crippen molar-refractivity contribution in [3.05, 3.63) is 71.9 Å². The summed E-state index contributed by atoms with van der Waals surface area (Å²) in [4.78, 5) is 21.2. The Morgan fingerprint density at radius 3 is 2.34 bits per heavy atom. The first kappa shape index (κ1) is 24.2. The van der Waals surface area contributed by atoms with Gasteiger partial charge in [-0.05, 0) is 70.2 Å². The first-order valence-electron chi connectivity index (χ1n) is 11.2. The van der Waals surface area contributed by atoms with Crippen molar-refractivity contribution >= 4 is 44.5 Å². The zero-order chi connectivity index (χ0) is 25.2. The average Bonchev–Trinajstić information content (AvgIpc) is 3.25. The fraction of sp³-hybridized carbons (Fsp3) is 0.240. The normalized spacial score (nSPS) is 11.6. The number of benzene rings is 2. The summed E-state index contributed by atoms with van der Waals surface area (Å²) in [7, 11) is -3.88. The Morgan fingerprint density at radius 2 is 1.71 bits per heavy atom. The van der Waals surface area contributed by atoms with Crippen molar-refractivity contribution in [1.29, 1.82) is 0 Å². The van der Waals surface area contributed by atoms with Gasteiger partial charge in [0.05, 0.1) is 22.5 Å². The molecule has 0 saturated heterocycles. The number of fused-ring (bicyclic) bond motifs is 1. The van der Waals surface area contributed by atoms with E-state index in [1.807, 2.05) is 20.8 Å². The SMILES string of the molecule is CCOC(=O)c1ccc(Nc2nc(NC(C)C)c3ccn(S(=O)(=O)c4ccc(C)cc4)c3n2)cc1. The number of ether oxygens (including phenoxy) is 1. The Labute approximate surface area is 204 Å². The number of nitrogens with one attached hydrogen (secondary N) is 2. The molecule has 0 atom stereocenters. The average molecular weight is 494 g/mol. The van der Waals surface area contributed by atoms with Gasteiger partial charge in [-0.1, -0.05) is 17.7 Å². The summed E-state index contributed by atoms with van der Waals surface area (Å²) >= 11 is 0. The lowest BCUT2D eigenvalue weighted by atomic mass is 10.2. The molecule has 2 heterocycles. The Morgan fingerprint density at radius 1 is 1.03 bits per heavy atom. The van der Waals surface area contributed by atoms with Crippen LogP contribution in [0.15, 0.2) is 65.7 Å². The lowest BCUT2D eigenvalue weighted by Crippen LogP contribution is -2.15. The van der Waals surface area contributed by atoms with E-state index in [2.05, 4.69) is 20.6 Å². The van der Waals surface area contributed by atoms with Crippen LogP contribution in [0.3, 0.4) is 0 Å². The number of hydrogen-bond acceptors (Lipinski definition) is 8. The number of anilines is 3. The number of aromatic nitrogens is 3. The summed E-state index contributed by atoms with van der Waals surface area (Å²) in [5.74, 6) is 0.316. The van der Waals surface area contributed by atoms with Crippen LogP contribution in [0.4, 0.5) is 17.5 Å². The molecular formula is C25H27N5O4S. The largest absolute Gasteiger partial charge is 0.462 e. The molecule has 0 fully saturated rings. The predicted molar refractivity (Wildman–Crippen MR) is 136 cm³/mol. The van der Waals surface area contributed by atoms with E-state index in [0.717, 1.165) is 9.54 Å². The third-order valence-electron chi connectivity index (χ3n) is 5.17. The van der Waals surface area contributed by atoms with Gasteiger partial charge in [0.2, 0.25) is 5.95 Å². The minimum absolute atomic E-state index is 0.0573. The fourth-order valence-electron chi connectivity index (χ4n) is 3.48. The van der Waals surface area contributed by atoms with E-state index in [9.17, 15) is 13.2 Å². The molecule has 0 amide bonds. The van der Waals surface area contributed by atoms with Crippen LogP contribution in [0.2, 0.25) is 0 Å². The topological polar surface area (TPSA) is 115 Å². The second-order valence-electron chi connectivity index (χ2n) is 8.28. The number of carbonyl (C=O) groups excluding carboxylic acids is 1. The molecule has 0 radical (unpaired) electrons. The van der Waals surface area contributed by atoms with Gasteiger partial charge in [-0.2, -0.15) is 9.97 Å². The van der Waals surface area contributed by atoms with Gasteiger partial charge in [0.25, 0.3) is 10.0 Å². The fourth-order valence-corrected chi connectivity index (χ4v) is 4.78. The number of carbonyl (C=O) groups is 1. The van der Waals surface area contributed by atoms with E-state index in [1.54, 1.807) is 61.5 Å². The van der Waals surface area contributed by atoms with Crippen LogP contribution in [0.25, 0.3) is 11.0 Å². The van der Waals surface area contributed by atoms with Gasteiger partial charge < -0.3 is 15.4 Å². The highest BCUT2D eigenvalue weighted by molar-refractivity contribution is 7.90. The lowest BCUT2D eigenvalue weighted by Gasteiger charge is -2.14. The zero-order valence-electron chi connectivity index (χ0n) is 19.9. The molecule has 0 saturated carbocycles. The Hall–Kier alpha value is -3.92. The van der Waals surface area contributed by atoms with E-state index >= 15 is 0 Å². The van der Waals surface area contributed by atoms with E-state index in [1.165, 1.54) is 6.20 Å². The number of nitrogens with zero attached hydrogens (tertiary/aromatic N) is 3. The predicted octanol–water partition coefficient (Wildman–Crippen LogP) is 4.72. The smallest absolute Gasteiger partial charge is 0.338 e. The molecule has 2 N–H and O–H groups in total. The molecule has 0 aliphatic carbocycles. The van der Waals surface area contributed by atoms with Crippen LogP contribution in [-0.2, 0) is 14.8 Å². The minimum atomic E-state index is -3.88.